The predicted octanol–water partition coefficient (Wildman–Crippen LogP) is 3.47. The zero-order valence-electron chi connectivity index (χ0n) is 16.3. The summed E-state index contributed by atoms with van der Waals surface area (Å²) >= 11 is 0. The van der Waals surface area contributed by atoms with E-state index >= 15 is 0 Å². The Hall–Kier alpha value is -2.93. The predicted molar refractivity (Wildman–Crippen MR) is 113 cm³/mol. The third-order valence-corrected chi connectivity index (χ3v) is 4.72. The molecule has 3 aromatic rings. The molecule has 0 aliphatic rings. The van der Waals surface area contributed by atoms with Gasteiger partial charge in [0.15, 0.2) is 0 Å². The van der Waals surface area contributed by atoms with Crippen LogP contribution in [0.4, 0.5) is 11.6 Å². The Labute approximate surface area is 168 Å². The minimum atomic E-state index is -1.25. The van der Waals surface area contributed by atoms with Gasteiger partial charge in [-0.3, -0.25) is 4.21 Å². The lowest BCUT2D eigenvalue weighted by atomic mass is 10.2. The summed E-state index contributed by atoms with van der Waals surface area (Å²) in [5, 5.41) is 3.60. The highest BCUT2D eigenvalue weighted by Crippen LogP contribution is 2.19. The molecule has 0 radical (unpaired) electrons. The normalized spacial score (nSPS) is 11.7. The average molecular weight is 397 g/mol. The lowest BCUT2D eigenvalue weighted by molar-refractivity contribution is 0.306. The molecule has 1 aromatic heterocycles. The van der Waals surface area contributed by atoms with Gasteiger partial charge in [0.2, 0.25) is 5.16 Å². The van der Waals surface area contributed by atoms with Crippen molar-refractivity contribution >= 4 is 22.4 Å². The smallest absolute Gasteiger partial charge is 0.222 e. The molecule has 1 unspecified atom stereocenters. The molecule has 1 heterocycles. The van der Waals surface area contributed by atoms with E-state index in [9.17, 15) is 4.21 Å². The van der Waals surface area contributed by atoms with Gasteiger partial charge in [-0.2, -0.15) is 0 Å². The molecule has 0 spiro atoms. The summed E-state index contributed by atoms with van der Waals surface area (Å²) in [6.45, 7) is 1.10. The van der Waals surface area contributed by atoms with Gasteiger partial charge in [-0.1, -0.05) is 42.5 Å². The van der Waals surface area contributed by atoms with Crippen molar-refractivity contribution in [2.24, 2.45) is 0 Å². The van der Waals surface area contributed by atoms with Gasteiger partial charge in [0, 0.05) is 33.0 Å². The Morgan fingerprint density at radius 3 is 2.46 bits per heavy atom. The molecule has 3 rings (SSSR count). The van der Waals surface area contributed by atoms with E-state index < -0.39 is 10.8 Å². The summed E-state index contributed by atoms with van der Waals surface area (Å²) in [7, 11) is 2.53. The summed E-state index contributed by atoms with van der Waals surface area (Å²) in [6.07, 6.45) is 1.58. The van der Waals surface area contributed by atoms with Crippen LogP contribution < -0.4 is 15.0 Å². The van der Waals surface area contributed by atoms with Crippen molar-refractivity contribution in [3.8, 4) is 5.75 Å². The lowest BCUT2D eigenvalue weighted by Gasteiger charge is -2.14. The topological polar surface area (TPSA) is 67.3 Å². The number of ether oxygens (including phenoxy) is 1. The van der Waals surface area contributed by atoms with Gasteiger partial charge in [0.05, 0.1) is 10.8 Å². The highest BCUT2D eigenvalue weighted by Gasteiger charge is 2.09. The number of rotatable bonds is 8. The third-order valence-electron chi connectivity index (χ3n) is 4.03. The Morgan fingerprint density at radius 2 is 1.75 bits per heavy atom. The molecule has 7 heteroatoms. The number of nitrogens with zero attached hydrogens (tertiary/aromatic N) is 3. The Kier molecular flexibility index (Phi) is 6.60. The van der Waals surface area contributed by atoms with Crippen molar-refractivity contribution < 1.29 is 8.95 Å². The van der Waals surface area contributed by atoms with Crippen molar-refractivity contribution in [2.75, 3.05) is 30.6 Å². The molecule has 28 heavy (non-hydrogen) atoms. The standard InChI is InChI=1S/C21H24N4O2S/c1-25(2)20-13-19(23-21(24-20)28(3)26)22-14-17-10-7-11-18(12-17)27-15-16-8-5-4-6-9-16/h4-13H,14-15H2,1-3H3,(H,22,23,24). The number of anilines is 2. The lowest BCUT2D eigenvalue weighted by Crippen LogP contribution is -2.14. The van der Waals surface area contributed by atoms with E-state index in [2.05, 4.69) is 15.3 Å². The van der Waals surface area contributed by atoms with Crippen LogP contribution in [0.1, 0.15) is 11.1 Å². The van der Waals surface area contributed by atoms with Gasteiger partial charge in [0.1, 0.15) is 24.0 Å². The highest BCUT2D eigenvalue weighted by atomic mass is 32.2. The summed E-state index contributed by atoms with van der Waals surface area (Å²) < 4.78 is 17.7. The first-order valence-corrected chi connectivity index (χ1v) is 10.5. The van der Waals surface area contributed by atoms with Crippen molar-refractivity contribution in [2.45, 2.75) is 18.3 Å². The van der Waals surface area contributed by atoms with Crippen LogP contribution in [0.2, 0.25) is 0 Å². The molecule has 1 atom stereocenters. The van der Waals surface area contributed by atoms with Crippen LogP contribution in [0.15, 0.2) is 65.8 Å². The minimum Gasteiger partial charge on any atom is -0.489 e. The molecule has 146 valence electrons. The van der Waals surface area contributed by atoms with Crippen LogP contribution in [0.25, 0.3) is 0 Å². The first kappa shape index (κ1) is 19.8. The first-order chi connectivity index (χ1) is 13.5. The van der Waals surface area contributed by atoms with Crippen molar-refractivity contribution in [1.29, 1.82) is 0 Å². The second-order valence-corrected chi connectivity index (χ2v) is 7.79. The van der Waals surface area contributed by atoms with Crippen LogP contribution in [-0.4, -0.2) is 34.5 Å². The molecular weight excluding hydrogens is 372 g/mol. The molecule has 0 bridgehead atoms. The summed E-state index contributed by atoms with van der Waals surface area (Å²) in [5.41, 5.74) is 2.19. The number of hydrogen-bond acceptors (Lipinski definition) is 6. The van der Waals surface area contributed by atoms with E-state index in [-0.39, 0.29) is 0 Å². The van der Waals surface area contributed by atoms with E-state index in [0.29, 0.717) is 29.9 Å². The fourth-order valence-corrected chi connectivity index (χ4v) is 2.99. The van der Waals surface area contributed by atoms with Gasteiger partial charge in [-0.15, -0.1) is 0 Å². The average Bonchev–Trinajstić information content (AvgIpc) is 2.71. The zero-order chi connectivity index (χ0) is 19.9. The number of nitrogens with one attached hydrogen (secondary N) is 1. The Balaban J connectivity index is 1.67. The van der Waals surface area contributed by atoms with Crippen LogP contribution in [-0.2, 0) is 24.0 Å². The van der Waals surface area contributed by atoms with Crippen LogP contribution in [0.3, 0.4) is 0 Å². The fourth-order valence-electron chi connectivity index (χ4n) is 2.54. The molecule has 6 nitrogen and oxygen atoms in total. The number of hydrogen-bond donors (Lipinski definition) is 1. The van der Waals surface area contributed by atoms with E-state index in [4.69, 9.17) is 4.74 Å². The second-order valence-electron chi connectivity index (χ2n) is 6.52. The monoisotopic (exact) mass is 396 g/mol. The van der Waals surface area contributed by atoms with Gasteiger partial charge >= 0.3 is 0 Å². The summed E-state index contributed by atoms with van der Waals surface area (Å²) in [4.78, 5) is 10.5. The summed E-state index contributed by atoms with van der Waals surface area (Å²) in [6, 6.07) is 19.8. The van der Waals surface area contributed by atoms with Gasteiger partial charge in [-0.25, -0.2) is 9.97 Å². The third kappa shape index (κ3) is 5.53. The SMILES string of the molecule is CN(C)c1cc(NCc2cccc(OCc3ccccc3)c2)nc(S(C)=O)n1. The largest absolute Gasteiger partial charge is 0.489 e. The van der Waals surface area contributed by atoms with Gasteiger partial charge < -0.3 is 15.0 Å². The molecule has 0 aliphatic carbocycles. The van der Waals surface area contributed by atoms with Crippen LogP contribution in [0, 0.1) is 0 Å². The molecule has 1 N–H and O–H groups in total. The van der Waals surface area contributed by atoms with Crippen molar-refractivity contribution in [1.82, 2.24) is 9.97 Å². The van der Waals surface area contributed by atoms with Crippen molar-refractivity contribution in [3.05, 3.63) is 71.8 Å². The quantitative estimate of drug-likeness (QED) is 0.588. The number of aromatic nitrogens is 2. The zero-order valence-corrected chi connectivity index (χ0v) is 17.1. The highest BCUT2D eigenvalue weighted by molar-refractivity contribution is 7.84. The summed E-state index contributed by atoms with van der Waals surface area (Å²) in [5.74, 6) is 2.16. The maximum Gasteiger partial charge on any atom is 0.222 e. The second kappa shape index (κ2) is 9.32. The van der Waals surface area contributed by atoms with Gasteiger partial charge in [-0.05, 0) is 23.3 Å². The molecule has 0 saturated heterocycles. The molecular formula is C21H24N4O2S. The Morgan fingerprint density at radius 1 is 1.00 bits per heavy atom. The molecule has 0 aliphatic heterocycles. The van der Waals surface area contributed by atoms with E-state index in [0.717, 1.165) is 16.9 Å². The maximum atomic E-state index is 11.8. The molecule has 0 fully saturated rings. The Bertz CT molecular complexity index is 948. The van der Waals surface area contributed by atoms with Crippen molar-refractivity contribution in [3.63, 3.8) is 0 Å². The minimum absolute atomic E-state index is 0.314. The maximum absolute atomic E-state index is 11.8. The fraction of sp³-hybridized carbons (Fsp3) is 0.238. The van der Waals surface area contributed by atoms with Crippen LogP contribution >= 0.6 is 0 Å². The number of benzene rings is 2. The first-order valence-electron chi connectivity index (χ1n) is 8.90. The van der Waals surface area contributed by atoms with E-state index in [1.54, 1.807) is 6.26 Å². The molecule has 0 saturated carbocycles. The molecule has 0 amide bonds. The van der Waals surface area contributed by atoms with Crippen LogP contribution in [0.5, 0.6) is 5.75 Å². The van der Waals surface area contributed by atoms with E-state index in [1.807, 2.05) is 79.7 Å². The molecule has 2 aromatic carbocycles. The van der Waals surface area contributed by atoms with E-state index in [1.165, 1.54) is 0 Å². The van der Waals surface area contributed by atoms with Gasteiger partial charge in [0.25, 0.3) is 0 Å².